The van der Waals surface area contributed by atoms with E-state index in [1.807, 2.05) is 0 Å². The molecule has 0 radical (unpaired) electrons. The predicted molar refractivity (Wildman–Crippen MR) is 52.3 cm³/mol. The quantitative estimate of drug-likeness (QED) is 0.653. The lowest BCUT2D eigenvalue weighted by molar-refractivity contribution is 0.275. The maximum atomic E-state index is 5.46. The molecule has 0 fully saturated rings. The zero-order valence-corrected chi connectivity index (χ0v) is 7.68. The van der Waals surface area contributed by atoms with E-state index in [1.54, 1.807) is 0 Å². The van der Waals surface area contributed by atoms with Crippen LogP contribution in [0, 0.1) is 11.8 Å². The van der Waals surface area contributed by atoms with Crippen LogP contribution in [0.15, 0.2) is 29.3 Å². The van der Waals surface area contributed by atoms with Gasteiger partial charge in [0, 0.05) is 5.92 Å². The standard InChI is InChI=1S/C10H14N2O/c1-7-4-2-3-5-8(7)9-6-13-10(11)12-9/h2-5,7-9H,6H2,1H3,(H2,11,12)/t7?,8?,9-/m0/s1. The van der Waals surface area contributed by atoms with Gasteiger partial charge in [0.25, 0.3) is 6.02 Å². The fraction of sp³-hybridized carbons (Fsp3) is 0.500. The molecule has 0 saturated heterocycles. The Bertz CT molecular complexity index is 281. The Morgan fingerprint density at radius 1 is 1.46 bits per heavy atom. The van der Waals surface area contributed by atoms with Gasteiger partial charge in [-0.3, -0.25) is 0 Å². The van der Waals surface area contributed by atoms with Gasteiger partial charge in [-0.2, -0.15) is 0 Å². The molecule has 2 rings (SSSR count). The van der Waals surface area contributed by atoms with Crippen molar-refractivity contribution in [2.75, 3.05) is 6.61 Å². The minimum atomic E-state index is 0.205. The summed E-state index contributed by atoms with van der Waals surface area (Å²) in [6.45, 7) is 2.81. The average molecular weight is 178 g/mol. The Labute approximate surface area is 78.0 Å². The topological polar surface area (TPSA) is 47.6 Å². The van der Waals surface area contributed by atoms with Crippen molar-refractivity contribution in [2.24, 2.45) is 22.6 Å². The van der Waals surface area contributed by atoms with Crippen molar-refractivity contribution in [3.05, 3.63) is 24.3 Å². The molecule has 0 aromatic rings. The molecule has 1 aliphatic carbocycles. The van der Waals surface area contributed by atoms with Crippen LogP contribution in [-0.4, -0.2) is 18.7 Å². The lowest BCUT2D eigenvalue weighted by atomic mass is 9.85. The summed E-state index contributed by atoms with van der Waals surface area (Å²) in [5, 5.41) is 0. The molecule has 1 heterocycles. The molecule has 0 aromatic heterocycles. The second-order valence-electron chi connectivity index (χ2n) is 3.55. The van der Waals surface area contributed by atoms with Gasteiger partial charge in [-0.15, -0.1) is 0 Å². The third-order valence-corrected chi connectivity index (χ3v) is 2.61. The van der Waals surface area contributed by atoms with Crippen molar-refractivity contribution < 1.29 is 4.74 Å². The summed E-state index contributed by atoms with van der Waals surface area (Å²) < 4.78 is 5.14. The van der Waals surface area contributed by atoms with Crippen molar-refractivity contribution in [1.29, 1.82) is 0 Å². The van der Waals surface area contributed by atoms with Gasteiger partial charge in [0.1, 0.15) is 6.61 Å². The van der Waals surface area contributed by atoms with Gasteiger partial charge in [-0.05, 0) is 5.92 Å². The second kappa shape index (κ2) is 3.24. The average Bonchev–Trinajstić information content (AvgIpc) is 2.53. The number of ether oxygens (including phenoxy) is 1. The van der Waals surface area contributed by atoms with E-state index in [2.05, 4.69) is 36.2 Å². The van der Waals surface area contributed by atoms with Crippen LogP contribution in [0.3, 0.4) is 0 Å². The van der Waals surface area contributed by atoms with Crippen molar-refractivity contribution in [3.63, 3.8) is 0 Å². The van der Waals surface area contributed by atoms with E-state index in [4.69, 9.17) is 10.5 Å². The Hall–Kier alpha value is -1.25. The zero-order valence-electron chi connectivity index (χ0n) is 7.68. The first-order valence-electron chi connectivity index (χ1n) is 4.58. The fourth-order valence-electron chi connectivity index (χ4n) is 1.82. The van der Waals surface area contributed by atoms with Gasteiger partial charge < -0.3 is 10.5 Å². The zero-order chi connectivity index (χ0) is 9.26. The van der Waals surface area contributed by atoms with Gasteiger partial charge >= 0.3 is 0 Å². The van der Waals surface area contributed by atoms with E-state index in [9.17, 15) is 0 Å². The summed E-state index contributed by atoms with van der Waals surface area (Å²) in [6.07, 6.45) is 8.51. The molecule has 13 heavy (non-hydrogen) atoms. The van der Waals surface area contributed by atoms with Crippen LogP contribution in [0.4, 0.5) is 0 Å². The summed E-state index contributed by atoms with van der Waals surface area (Å²) in [4.78, 5) is 4.25. The van der Waals surface area contributed by atoms with E-state index in [0.717, 1.165) is 0 Å². The SMILES string of the molecule is CC1C=CC=CC1[C@@H]1COC(N)=N1. The number of nitrogens with zero attached hydrogens (tertiary/aromatic N) is 1. The van der Waals surface area contributed by atoms with E-state index in [0.29, 0.717) is 24.5 Å². The molecule has 0 bridgehead atoms. The number of amidine groups is 1. The number of nitrogens with two attached hydrogens (primary N) is 1. The normalized spacial score (nSPS) is 37.3. The number of hydrogen-bond donors (Lipinski definition) is 1. The van der Waals surface area contributed by atoms with Crippen molar-refractivity contribution in [2.45, 2.75) is 13.0 Å². The van der Waals surface area contributed by atoms with E-state index >= 15 is 0 Å². The van der Waals surface area contributed by atoms with Gasteiger partial charge in [-0.1, -0.05) is 31.2 Å². The lowest BCUT2D eigenvalue weighted by Crippen LogP contribution is -2.24. The largest absolute Gasteiger partial charge is 0.463 e. The molecule has 0 aromatic carbocycles. The summed E-state index contributed by atoms with van der Waals surface area (Å²) >= 11 is 0. The van der Waals surface area contributed by atoms with E-state index in [1.165, 1.54) is 0 Å². The summed E-state index contributed by atoms with van der Waals surface area (Å²) in [7, 11) is 0. The lowest BCUT2D eigenvalue weighted by Gasteiger charge is -2.23. The highest BCUT2D eigenvalue weighted by molar-refractivity contribution is 5.73. The Balaban J connectivity index is 2.09. The highest BCUT2D eigenvalue weighted by Gasteiger charge is 2.28. The number of allylic oxidation sites excluding steroid dienone is 3. The molecule has 3 atom stereocenters. The molecule has 3 nitrogen and oxygen atoms in total. The number of aliphatic imine (C=N–C) groups is 1. The van der Waals surface area contributed by atoms with Crippen molar-refractivity contribution in [3.8, 4) is 0 Å². The smallest absolute Gasteiger partial charge is 0.282 e. The maximum absolute atomic E-state index is 5.46. The van der Waals surface area contributed by atoms with Crippen LogP contribution in [-0.2, 0) is 4.74 Å². The van der Waals surface area contributed by atoms with E-state index in [-0.39, 0.29) is 6.04 Å². The molecular formula is C10H14N2O. The first-order valence-corrected chi connectivity index (χ1v) is 4.58. The highest BCUT2D eigenvalue weighted by atomic mass is 16.5. The first-order chi connectivity index (χ1) is 6.27. The van der Waals surface area contributed by atoms with Gasteiger partial charge in [0.05, 0.1) is 6.04 Å². The summed E-state index contributed by atoms with van der Waals surface area (Å²) in [6, 6.07) is 0.538. The first kappa shape index (κ1) is 8.35. The Morgan fingerprint density at radius 3 is 2.85 bits per heavy atom. The third kappa shape index (κ3) is 1.59. The maximum Gasteiger partial charge on any atom is 0.282 e. The molecular weight excluding hydrogens is 164 g/mol. The van der Waals surface area contributed by atoms with Crippen LogP contribution in [0.25, 0.3) is 0 Å². The monoisotopic (exact) mass is 178 g/mol. The van der Waals surface area contributed by atoms with Gasteiger partial charge in [-0.25, -0.2) is 4.99 Å². The number of rotatable bonds is 1. The van der Waals surface area contributed by atoms with Crippen LogP contribution in [0.5, 0.6) is 0 Å². The van der Waals surface area contributed by atoms with Crippen molar-refractivity contribution in [1.82, 2.24) is 0 Å². The highest BCUT2D eigenvalue weighted by Crippen LogP contribution is 2.26. The molecule has 2 aliphatic rings. The van der Waals surface area contributed by atoms with Crippen molar-refractivity contribution >= 4 is 6.02 Å². The van der Waals surface area contributed by atoms with Crippen LogP contribution >= 0.6 is 0 Å². The summed E-state index contributed by atoms with van der Waals surface area (Å²) in [5.41, 5.74) is 5.46. The summed E-state index contributed by atoms with van der Waals surface area (Å²) in [5.74, 6) is 0.958. The van der Waals surface area contributed by atoms with Crippen LogP contribution in [0.1, 0.15) is 6.92 Å². The van der Waals surface area contributed by atoms with Crippen LogP contribution < -0.4 is 5.73 Å². The Morgan fingerprint density at radius 2 is 2.23 bits per heavy atom. The Kier molecular flexibility index (Phi) is 2.08. The van der Waals surface area contributed by atoms with Gasteiger partial charge in [0.2, 0.25) is 0 Å². The predicted octanol–water partition coefficient (Wildman–Crippen LogP) is 1.08. The molecule has 3 heteroatoms. The fourth-order valence-corrected chi connectivity index (χ4v) is 1.82. The molecule has 70 valence electrons. The number of hydrogen-bond acceptors (Lipinski definition) is 3. The molecule has 2 unspecified atom stereocenters. The minimum Gasteiger partial charge on any atom is -0.463 e. The molecule has 0 saturated carbocycles. The van der Waals surface area contributed by atoms with Gasteiger partial charge in [0.15, 0.2) is 0 Å². The molecule has 1 aliphatic heterocycles. The minimum absolute atomic E-state index is 0.205. The van der Waals surface area contributed by atoms with Crippen LogP contribution in [0.2, 0.25) is 0 Å². The van der Waals surface area contributed by atoms with E-state index < -0.39 is 0 Å². The molecule has 0 spiro atoms. The molecule has 0 amide bonds. The molecule has 2 N–H and O–H groups in total. The third-order valence-electron chi connectivity index (χ3n) is 2.61. The second-order valence-corrected chi connectivity index (χ2v) is 3.55.